The molecular formula is C12H17N3O. The maximum atomic E-state index is 12.0. The molecular weight excluding hydrogens is 202 g/mol. The number of carbonyl (C=O) groups excluding carboxylic acids is 1. The Bertz CT molecular complexity index is 393. The normalized spacial score (nSPS) is 17.6. The molecule has 0 bridgehead atoms. The van der Waals surface area contributed by atoms with Crippen LogP contribution in [0.15, 0.2) is 18.3 Å². The molecule has 0 atom stereocenters. The van der Waals surface area contributed by atoms with Gasteiger partial charge in [0.2, 0.25) is 0 Å². The fraction of sp³-hybridized carbons (Fsp3) is 0.500. The summed E-state index contributed by atoms with van der Waals surface area (Å²) in [5.74, 6) is 0.192. The SMILES string of the molecule is CCC1(NC(=O)c2cccnc2N)CCC1. The number of nitrogens with two attached hydrogens (primary N) is 1. The van der Waals surface area contributed by atoms with E-state index in [1.165, 1.54) is 6.42 Å². The van der Waals surface area contributed by atoms with Crippen molar-refractivity contribution in [2.45, 2.75) is 38.1 Å². The largest absolute Gasteiger partial charge is 0.383 e. The highest BCUT2D eigenvalue weighted by Gasteiger charge is 2.36. The molecule has 1 saturated carbocycles. The summed E-state index contributed by atoms with van der Waals surface area (Å²) in [5, 5.41) is 3.08. The fourth-order valence-corrected chi connectivity index (χ4v) is 2.09. The quantitative estimate of drug-likeness (QED) is 0.813. The van der Waals surface area contributed by atoms with Crippen molar-refractivity contribution < 1.29 is 4.79 Å². The molecule has 0 radical (unpaired) electrons. The zero-order valence-corrected chi connectivity index (χ0v) is 9.49. The Hall–Kier alpha value is -1.58. The van der Waals surface area contributed by atoms with Crippen LogP contribution in [0.3, 0.4) is 0 Å². The maximum absolute atomic E-state index is 12.0. The number of hydrogen-bond acceptors (Lipinski definition) is 3. The van der Waals surface area contributed by atoms with Gasteiger partial charge >= 0.3 is 0 Å². The lowest BCUT2D eigenvalue weighted by Crippen LogP contribution is -2.53. The zero-order chi connectivity index (χ0) is 11.6. The first-order valence-electron chi connectivity index (χ1n) is 5.70. The number of rotatable bonds is 3. The van der Waals surface area contributed by atoms with Crippen LogP contribution >= 0.6 is 0 Å². The topological polar surface area (TPSA) is 68.0 Å². The standard InChI is InChI=1S/C12H17N3O/c1-2-12(6-4-7-12)15-11(16)9-5-3-8-14-10(9)13/h3,5,8H,2,4,6-7H2,1H3,(H2,13,14)(H,15,16). The van der Waals surface area contributed by atoms with Crippen LogP contribution in [-0.4, -0.2) is 16.4 Å². The lowest BCUT2D eigenvalue weighted by molar-refractivity contribution is 0.0821. The first kappa shape index (κ1) is 10.9. The minimum Gasteiger partial charge on any atom is -0.383 e. The van der Waals surface area contributed by atoms with E-state index in [9.17, 15) is 4.79 Å². The molecule has 86 valence electrons. The number of amides is 1. The molecule has 16 heavy (non-hydrogen) atoms. The summed E-state index contributed by atoms with van der Waals surface area (Å²) < 4.78 is 0. The summed E-state index contributed by atoms with van der Waals surface area (Å²) in [7, 11) is 0. The number of hydrogen-bond donors (Lipinski definition) is 2. The van der Waals surface area contributed by atoms with Crippen LogP contribution in [0.4, 0.5) is 5.82 Å². The van der Waals surface area contributed by atoms with E-state index in [0.29, 0.717) is 11.4 Å². The number of carbonyl (C=O) groups is 1. The van der Waals surface area contributed by atoms with Crippen LogP contribution in [0.1, 0.15) is 43.0 Å². The summed E-state index contributed by atoms with van der Waals surface area (Å²) in [6, 6.07) is 3.43. The van der Waals surface area contributed by atoms with Crippen molar-refractivity contribution in [1.82, 2.24) is 10.3 Å². The molecule has 1 amide bonds. The summed E-state index contributed by atoms with van der Waals surface area (Å²) in [4.78, 5) is 15.9. The molecule has 1 aromatic heterocycles. The van der Waals surface area contributed by atoms with Crippen molar-refractivity contribution in [1.29, 1.82) is 0 Å². The average molecular weight is 219 g/mol. The first-order valence-corrected chi connectivity index (χ1v) is 5.70. The van der Waals surface area contributed by atoms with Crippen molar-refractivity contribution in [3.05, 3.63) is 23.9 Å². The number of nitrogen functional groups attached to an aromatic ring is 1. The Kier molecular flexibility index (Phi) is 2.81. The Morgan fingerprint density at radius 2 is 2.38 bits per heavy atom. The van der Waals surface area contributed by atoms with Gasteiger partial charge in [-0.1, -0.05) is 6.92 Å². The van der Waals surface area contributed by atoms with Gasteiger partial charge in [0.1, 0.15) is 5.82 Å². The third-order valence-electron chi connectivity index (χ3n) is 3.45. The lowest BCUT2D eigenvalue weighted by Gasteiger charge is -2.42. The predicted octanol–water partition coefficient (Wildman–Crippen LogP) is 1.73. The average Bonchev–Trinajstić information content (AvgIpc) is 2.24. The van der Waals surface area contributed by atoms with Gasteiger partial charge in [-0.25, -0.2) is 4.98 Å². The summed E-state index contributed by atoms with van der Waals surface area (Å²) in [6.45, 7) is 2.10. The molecule has 1 aliphatic rings. The molecule has 0 saturated heterocycles. The van der Waals surface area contributed by atoms with Crippen LogP contribution in [0.5, 0.6) is 0 Å². The fourth-order valence-electron chi connectivity index (χ4n) is 2.09. The van der Waals surface area contributed by atoms with Crippen molar-refractivity contribution in [2.24, 2.45) is 0 Å². The Labute approximate surface area is 95.3 Å². The highest BCUT2D eigenvalue weighted by molar-refractivity contribution is 5.98. The monoisotopic (exact) mass is 219 g/mol. The van der Waals surface area contributed by atoms with Gasteiger partial charge in [0.05, 0.1) is 5.56 Å². The molecule has 4 heteroatoms. The molecule has 2 rings (SSSR count). The number of aromatic nitrogens is 1. The summed E-state index contributed by atoms with van der Waals surface area (Å²) in [6.07, 6.45) is 5.88. The van der Waals surface area contributed by atoms with Gasteiger partial charge in [-0.2, -0.15) is 0 Å². The highest BCUT2D eigenvalue weighted by atomic mass is 16.1. The first-order chi connectivity index (χ1) is 7.67. The molecule has 0 unspecified atom stereocenters. The van der Waals surface area contributed by atoms with Crippen LogP contribution in [0, 0.1) is 0 Å². The number of nitrogens with zero attached hydrogens (tertiary/aromatic N) is 1. The van der Waals surface area contributed by atoms with E-state index in [2.05, 4.69) is 17.2 Å². The number of anilines is 1. The third kappa shape index (κ3) is 1.87. The molecule has 0 spiro atoms. The van der Waals surface area contributed by atoms with Gasteiger partial charge in [0.15, 0.2) is 0 Å². The van der Waals surface area contributed by atoms with Crippen molar-refractivity contribution in [3.8, 4) is 0 Å². The van der Waals surface area contributed by atoms with Crippen molar-refractivity contribution >= 4 is 11.7 Å². The number of nitrogens with one attached hydrogen (secondary N) is 1. The van der Waals surface area contributed by atoms with Crippen LogP contribution in [0.2, 0.25) is 0 Å². The Morgan fingerprint density at radius 3 is 2.88 bits per heavy atom. The van der Waals surface area contributed by atoms with Crippen molar-refractivity contribution in [2.75, 3.05) is 5.73 Å². The second kappa shape index (κ2) is 4.12. The van der Waals surface area contributed by atoms with Gasteiger partial charge < -0.3 is 11.1 Å². The Morgan fingerprint density at radius 1 is 1.62 bits per heavy atom. The molecule has 1 fully saturated rings. The van der Waals surface area contributed by atoms with Crippen LogP contribution in [0.25, 0.3) is 0 Å². The molecule has 3 N–H and O–H groups in total. The number of pyridine rings is 1. The predicted molar refractivity (Wildman–Crippen MR) is 63.0 cm³/mol. The molecule has 4 nitrogen and oxygen atoms in total. The molecule has 1 heterocycles. The maximum Gasteiger partial charge on any atom is 0.255 e. The van der Waals surface area contributed by atoms with E-state index >= 15 is 0 Å². The second-order valence-corrected chi connectivity index (χ2v) is 4.38. The van der Waals surface area contributed by atoms with Crippen molar-refractivity contribution in [3.63, 3.8) is 0 Å². The van der Waals surface area contributed by atoms with E-state index in [1.54, 1.807) is 18.3 Å². The van der Waals surface area contributed by atoms with Gasteiger partial charge in [-0.3, -0.25) is 4.79 Å². The van der Waals surface area contributed by atoms with Crippen LogP contribution in [-0.2, 0) is 0 Å². The summed E-state index contributed by atoms with van der Waals surface area (Å²) >= 11 is 0. The summed E-state index contributed by atoms with van der Waals surface area (Å²) in [5.41, 5.74) is 6.14. The van der Waals surface area contributed by atoms with E-state index in [1.807, 2.05) is 0 Å². The Balaban J connectivity index is 2.11. The molecule has 1 aromatic rings. The molecule has 0 aliphatic heterocycles. The second-order valence-electron chi connectivity index (χ2n) is 4.38. The highest BCUT2D eigenvalue weighted by Crippen LogP contribution is 2.34. The van der Waals surface area contributed by atoms with Gasteiger partial charge in [-0.15, -0.1) is 0 Å². The molecule has 1 aliphatic carbocycles. The lowest BCUT2D eigenvalue weighted by atomic mass is 9.74. The minimum absolute atomic E-state index is 0.000630. The van der Waals surface area contributed by atoms with E-state index in [0.717, 1.165) is 19.3 Å². The van der Waals surface area contributed by atoms with Gasteiger partial charge in [-0.05, 0) is 37.8 Å². The van der Waals surface area contributed by atoms with Gasteiger partial charge in [0, 0.05) is 11.7 Å². The zero-order valence-electron chi connectivity index (χ0n) is 9.49. The van der Waals surface area contributed by atoms with Gasteiger partial charge in [0.25, 0.3) is 5.91 Å². The van der Waals surface area contributed by atoms with Crippen LogP contribution < -0.4 is 11.1 Å². The third-order valence-corrected chi connectivity index (χ3v) is 3.45. The smallest absolute Gasteiger partial charge is 0.255 e. The minimum atomic E-state index is -0.104. The van der Waals surface area contributed by atoms with E-state index < -0.39 is 0 Å². The van der Waals surface area contributed by atoms with E-state index in [-0.39, 0.29) is 11.4 Å². The van der Waals surface area contributed by atoms with E-state index in [4.69, 9.17) is 5.73 Å². The molecule has 0 aromatic carbocycles.